The van der Waals surface area contributed by atoms with E-state index in [1.54, 1.807) is 0 Å². The number of carboxylic acid groups (broad SMARTS) is 1. The fourth-order valence-corrected chi connectivity index (χ4v) is 1.27. The van der Waals surface area contributed by atoms with E-state index in [0.29, 0.717) is 12.5 Å². The third-order valence-corrected chi connectivity index (χ3v) is 2.52. The molecule has 0 saturated heterocycles. The number of hydrogen-bond donors (Lipinski definition) is 2. The molecule has 1 atom stereocenters. The fourth-order valence-electron chi connectivity index (χ4n) is 1.19. The van der Waals surface area contributed by atoms with Crippen LogP contribution in [0.15, 0.2) is 11.1 Å². The standard InChI is InChI=1S/C9H14ClNO2/c1-6(4-10)5-11-8(9(12)13)7-2-3-7/h4,7-8,11H,2-3,5H2,1H3,(H,12,13). The minimum Gasteiger partial charge on any atom is -0.480 e. The maximum Gasteiger partial charge on any atom is 0.320 e. The summed E-state index contributed by atoms with van der Waals surface area (Å²) in [4.78, 5) is 10.8. The first-order valence-corrected chi connectivity index (χ1v) is 4.81. The lowest BCUT2D eigenvalue weighted by Gasteiger charge is -2.12. The second kappa shape index (κ2) is 4.63. The number of halogens is 1. The van der Waals surface area contributed by atoms with Crippen molar-refractivity contribution in [1.29, 1.82) is 0 Å². The summed E-state index contributed by atoms with van der Waals surface area (Å²) in [5, 5.41) is 11.8. The number of carbonyl (C=O) groups is 1. The molecule has 1 unspecified atom stereocenters. The maximum atomic E-state index is 10.8. The zero-order valence-corrected chi connectivity index (χ0v) is 8.34. The van der Waals surface area contributed by atoms with Gasteiger partial charge in [0.25, 0.3) is 0 Å². The third kappa shape index (κ3) is 3.36. The first-order valence-electron chi connectivity index (χ1n) is 4.37. The average molecular weight is 204 g/mol. The van der Waals surface area contributed by atoms with Gasteiger partial charge in [0.15, 0.2) is 0 Å². The highest BCUT2D eigenvalue weighted by atomic mass is 35.5. The molecule has 13 heavy (non-hydrogen) atoms. The summed E-state index contributed by atoms with van der Waals surface area (Å²) in [5.41, 5.74) is 2.42. The molecule has 1 aliphatic carbocycles. The van der Waals surface area contributed by atoms with Crippen molar-refractivity contribution in [2.45, 2.75) is 25.8 Å². The number of nitrogens with one attached hydrogen (secondary N) is 1. The van der Waals surface area contributed by atoms with Crippen LogP contribution < -0.4 is 5.32 Å². The average Bonchev–Trinajstić information content (AvgIpc) is 2.87. The van der Waals surface area contributed by atoms with E-state index in [9.17, 15) is 4.79 Å². The lowest BCUT2D eigenvalue weighted by molar-refractivity contribution is -0.140. The Kier molecular flexibility index (Phi) is 3.75. The molecule has 0 amide bonds. The normalized spacial score (nSPS) is 20.0. The molecule has 1 fully saturated rings. The Hall–Kier alpha value is -0.540. The van der Waals surface area contributed by atoms with E-state index in [-0.39, 0.29) is 0 Å². The van der Waals surface area contributed by atoms with Crippen LogP contribution in [0.5, 0.6) is 0 Å². The molecule has 0 radical (unpaired) electrons. The van der Waals surface area contributed by atoms with Crippen molar-refractivity contribution in [2.75, 3.05) is 6.54 Å². The van der Waals surface area contributed by atoms with Crippen molar-refractivity contribution in [1.82, 2.24) is 5.32 Å². The molecule has 0 aromatic carbocycles. The molecule has 4 heteroatoms. The number of hydrogen-bond acceptors (Lipinski definition) is 2. The van der Waals surface area contributed by atoms with Crippen LogP contribution in [0.1, 0.15) is 19.8 Å². The van der Waals surface area contributed by atoms with Crippen molar-refractivity contribution in [3.63, 3.8) is 0 Å². The molecular weight excluding hydrogens is 190 g/mol. The van der Waals surface area contributed by atoms with E-state index >= 15 is 0 Å². The summed E-state index contributed by atoms with van der Waals surface area (Å²) < 4.78 is 0. The molecule has 0 spiro atoms. The largest absolute Gasteiger partial charge is 0.480 e. The first kappa shape index (κ1) is 10.5. The molecule has 0 aromatic heterocycles. The summed E-state index contributed by atoms with van der Waals surface area (Å²) in [6.45, 7) is 2.42. The number of rotatable bonds is 5. The Morgan fingerprint density at radius 3 is 2.77 bits per heavy atom. The van der Waals surface area contributed by atoms with Crippen molar-refractivity contribution < 1.29 is 9.90 Å². The van der Waals surface area contributed by atoms with Crippen molar-refractivity contribution >= 4 is 17.6 Å². The van der Waals surface area contributed by atoms with Gasteiger partial charge in [0, 0.05) is 12.1 Å². The summed E-state index contributed by atoms with van der Waals surface area (Å²) in [6.07, 6.45) is 2.04. The lowest BCUT2D eigenvalue weighted by atomic mass is 10.2. The van der Waals surface area contributed by atoms with Gasteiger partial charge in [-0.25, -0.2) is 0 Å². The predicted molar refractivity (Wildman–Crippen MR) is 51.8 cm³/mol. The van der Waals surface area contributed by atoms with Crippen LogP contribution in [-0.4, -0.2) is 23.7 Å². The second-order valence-electron chi connectivity index (χ2n) is 3.49. The minimum atomic E-state index is -0.759. The van der Waals surface area contributed by atoms with Crippen molar-refractivity contribution in [3.8, 4) is 0 Å². The Morgan fingerprint density at radius 1 is 1.77 bits per heavy atom. The van der Waals surface area contributed by atoms with Gasteiger partial charge >= 0.3 is 5.97 Å². The second-order valence-corrected chi connectivity index (χ2v) is 3.71. The summed E-state index contributed by atoms with van der Waals surface area (Å²) in [5.74, 6) is -0.439. The summed E-state index contributed by atoms with van der Waals surface area (Å²) in [7, 11) is 0. The van der Waals surface area contributed by atoms with Crippen LogP contribution in [0.3, 0.4) is 0 Å². The molecule has 1 aliphatic rings. The van der Waals surface area contributed by atoms with Gasteiger partial charge < -0.3 is 10.4 Å². The van der Waals surface area contributed by atoms with Gasteiger partial charge in [-0.2, -0.15) is 0 Å². The van der Waals surface area contributed by atoms with Gasteiger partial charge in [0.2, 0.25) is 0 Å². The molecule has 1 rings (SSSR count). The molecule has 0 aromatic rings. The third-order valence-electron chi connectivity index (χ3n) is 2.15. The van der Waals surface area contributed by atoms with E-state index in [0.717, 1.165) is 18.4 Å². The Bertz CT molecular complexity index is 224. The van der Waals surface area contributed by atoms with Crippen LogP contribution in [0.25, 0.3) is 0 Å². The van der Waals surface area contributed by atoms with E-state index in [1.165, 1.54) is 5.54 Å². The monoisotopic (exact) mass is 203 g/mol. The van der Waals surface area contributed by atoms with E-state index in [2.05, 4.69) is 5.32 Å². The summed E-state index contributed by atoms with van der Waals surface area (Å²) >= 11 is 5.46. The SMILES string of the molecule is CC(=CCl)CNC(C(=O)O)C1CC1. The molecule has 0 bridgehead atoms. The summed E-state index contributed by atoms with van der Waals surface area (Å²) in [6, 6.07) is -0.397. The van der Waals surface area contributed by atoms with Crippen LogP contribution in [0.2, 0.25) is 0 Å². The maximum absolute atomic E-state index is 10.8. The lowest BCUT2D eigenvalue weighted by Crippen LogP contribution is -2.39. The van der Waals surface area contributed by atoms with Gasteiger partial charge in [-0.15, -0.1) is 0 Å². The molecule has 3 nitrogen and oxygen atoms in total. The zero-order chi connectivity index (χ0) is 9.84. The van der Waals surface area contributed by atoms with Gasteiger partial charge in [-0.1, -0.05) is 11.6 Å². The molecule has 0 aliphatic heterocycles. The zero-order valence-electron chi connectivity index (χ0n) is 7.59. The Labute approximate surface area is 82.8 Å². The van der Waals surface area contributed by atoms with Crippen LogP contribution in [0.4, 0.5) is 0 Å². The van der Waals surface area contributed by atoms with Gasteiger partial charge in [-0.05, 0) is 31.3 Å². The fraction of sp³-hybridized carbons (Fsp3) is 0.667. The minimum absolute atomic E-state index is 0.320. The quantitative estimate of drug-likeness (QED) is 0.714. The van der Waals surface area contributed by atoms with Crippen molar-refractivity contribution in [2.24, 2.45) is 5.92 Å². The number of carboxylic acids is 1. The topological polar surface area (TPSA) is 49.3 Å². The van der Waals surface area contributed by atoms with E-state index < -0.39 is 12.0 Å². The Morgan fingerprint density at radius 2 is 2.38 bits per heavy atom. The first-order chi connectivity index (χ1) is 6.15. The van der Waals surface area contributed by atoms with E-state index in [4.69, 9.17) is 16.7 Å². The van der Waals surface area contributed by atoms with Crippen LogP contribution >= 0.6 is 11.6 Å². The Balaban J connectivity index is 2.34. The highest BCUT2D eigenvalue weighted by Crippen LogP contribution is 2.32. The van der Waals surface area contributed by atoms with Gasteiger partial charge in [0.1, 0.15) is 6.04 Å². The molecule has 0 heterocycles. The molecule has 74 valence electrons. The smallest absolute Gasteiger partial charge is 0.320 e. The van der Waals surface area contributed by atoms with E-state index in [1.807, 2.05) is 6.92 Å². The van der Waals surface area contributed by atoms with Crippen LogP contribution in [0, 0.1) is 5.92 Å². The van der Waals surface area contributed by atoms with Crippen LogP contribution in [-0.2, 0) is 4.79 Å². The van der Waals surface area contributed by atoms with Gasteiger partial charge in [0.05, 0.1) is 0 Å². The number of aliphatic carboxylic acids is 1. The highest BCUT2D eigenvalue weighted by Gasteiger charge is 2.35. The predicted octanol–water partition coefficient (Wildman–Crippen LogP) is 1.58. The molecule has 1 saturated carbocycles. The van der Waals surface area contributed by atoms with Gasteiger partial charge in [-0.3, -0.25) is 4.79 Å². The highest BCUT2D eigenvalue weighted by molar-refractivity contribution is 6.25. The molecule has 2 N–H and O–H groups in total. The molecular formula is C9H14ClNO2. The van der Waals surface area contributed by atoms with Crippen molar-refractivity contribution in [3.05, 3.63) is 11.1 Å².